The van der Waals surface area contributed by atoms with Crippen molar-refractivity contribution in [3.63, 3.8) is 0 Å². The Kier molecular flexibility index (Phi) is 5.25. The van der Waals surface area contributed by atoms with Crippen molar-refractivity contribution in [2.45, 2.75) is 31.7 Å². The SMILES string of the molecule is Cn1cc(CC2CCN(C(=O)NC3CCCOc4cc(Cl)ccc43)C2)cn1. The van der Waals surface area contributed by atoms with E-state index in [-0.39, 0.29) is 12.1 Å². The predicted molar refractivity (Wildman–Crippen MR) is 104 cm³/mol. The molecule has 7 heteroatoms. The zero-order valence-electron chi connectivity index (χ0n) is 15.5. The van der Waals surface area contributed by atoms with Gasteiger partial charge in [0.2, 0.25) is 0 Å². The summed E-state index contributed by atoms with van der Waals surface area (Å²) in [6, 6.07) is 5.62. The van der Waals surface area contributed by atoms with E-state index >= 15 is 0 Å². The van der Waals surface area contributed by atoms with Crippen LogP contribution in [-0.2, 0) is 13.5 Å². The second-order valence-corrected chi connectivity index (χ2v) is 7.94. The van der Waals surface area contributed by atoms with Crippen LogP contribution in [0.15, 0.2) is 30.6 Å². The second kappa shape index (κ2) is 7.80. The summed E-state index contributed by atoms with van der Waals surface area (Å²) in [4.78, 5) is 14.8. The lowest BCUT2D eigenvalue weighted by Gasteiger charge is -2.23. The van der Waals surface area contributed by atoms with Gasteiger partial charge in [-0.3, -0.25) is 4.68 Å². The first-order valence-corrected chi connectivity index (χ1v) is 9.91. The Hall–Kier alpha value is -2.21. The van der Waals surface area contributed by atoms with Crippen molar-refractivity contribution < 1.29 is 9.53 Å². The van der Waals surface area contributed by atoms with E-state index in [0.717, 1.165) is 50.1 Å². The molecule has 1 aromatic heterocycles. The van der Waals surface area contributed by atoms with Crippen LogP contribution in [0.4, 0.5) is 4.79 Å². The number of halogens is 1. The van der Waals surface area contributed by atoms with Crippen LogP contribution in [-0.4, -0.2) is 40.4 Å². The highest BCUT2D eigenvalue weighted by atomic mass is 35.5. The van der Waals surface area contributed by atoms with Crippen LogP contribution in [0.1, 0.15) is 36.4 Å². The van der Waals surface area contributed by atoms with Gasteiger partial charge in [-0.25, -0.2) is 4.79 Å². The predicted octanol–water partition coefficient (Wildman–Crippen LogP) is 3.56. The van der Waals surface area contributed by atoms with Gasteiger partial charge in [0.1, 0.15) is 5.75 Å². The molecule has 2 atom stereocenters. The molecule has 0 bridgehead atoms. The number of rotatable bonds is 3. The molecule has 144 valence electrons. The Labute approximate surface area is 164 Å². The van der Waals surface area contributed by atoms with Crippen molar-refractivity contribution in [2.24, 2.45) is 13.0 Å². The molecule has 2 unspecified atom stereocenters. The fourth-order valence-electron chi connectivity index (χ4n) is 4.03. The average Bonchev–Trinajstić information content (AvgIpc) is 3.22. The van der Waals surface area contributed by atoms with Crippen molar-refractivity contribution in [1.29, 1.82) is 0 Å². The minimum atomic E-state index is -0.0374. The Bertz CT molecular complexity index is 822. The van der Waals surface area contributed by atoms with Crippen LogP contribution < -0.4 is 10.1 Å². The molecule has 27 heavy (non-hydrogen) atoms. The highest BCUT2D eigenvalue weighted by Crippen LogP contribution is 2.34. The first-order valence-electron chi connectivity index (χ1n) is 9.53. The lowest BCUT2D eigenvalue weighted by atomic mass is 10.0. The quantitative estimate of drug-likeness (QED) is 0.874. The second-order valence-electron chi connectivity index (χ2n) is 7.50. The van der Waals surface area contributed by atoms with E-state index in [2.05, 4.69) is 16.6 Å². The number of carbonyl (C=O) groups excluding carboxylic acids is 1. The van der Waals surface area contributed by atoms with Crippen LogP contribution >= 0.6 is 11.6 Å². The van der Waals surface area contributed by atoms with Crippen LogP contribution in [0.2, 0.25) is 5.02 Å². The molecule has 3 heterocycles. The molecule has 1 N–H and O–H groups in total. The summed E-state index contributed by atoms with van der Waals surface area (Å²) >= 11 is 6.09. The number of aryl methyl sites for hydroxylation is 1. The summed E-state index contributed by atoms with van der Waals surface area (Å²) in [5.41, 5.74) is 2.24. The summed E-state index contributed by atoms with van der Waals surface area (Å²) in [6.45, 7) is 2.24. The van der Waals surface area contributed by atoms with E-state index in [9.17, 15) is 4.79 Å². The fraction of sp³-hybridized carbons (Fsp3) is 0.500. The third kappa shape index (κ3) is 4.21. The number of urea groups is 1. The topological polar surface area (TPSA) is 59.4 Å². The minimum Gasteiger partial charge on any atom is -0.493 e. The number of hydrogen-bond donors (Lipinski definition) is 1. The summed E-state index contributed by atoms with van der Waals surface area (Å²) in [6.07, 6.45) is 7.74. The van der Waals surface area contributed by atoms with Gasteiger partial charge in [0.25, 0.3) is 0 Å². The van der Waals surface area contributed by atoms with Crippen LogP contribution in [0.3, 0.4) is 0 Å². The van der Waals surface area contributed by atoms with Crippen molar-refractivity contribution >= 4 is 17.6 Å². The van der Waals surface area contributed by atoms with Gasteiger partial charge in [-0.15, -0.1) is 0 Å². The molecule has 0 aliphatic carbocycles. The van der Waals surface area contributed by atoms with Crippen molar-refractivity contribution in [1.82, 2.24) is 20.0 Å². The average molecular weight is 389 g/mol. The monoisotopic (exact) mass is 388 g/mol. The maximum Gasteiger partial charge on any atom is 0.317 e. The van der Waals surface area contributed by atoms with Gasteiger partial charge in [-0.05, 0) is 49.3 Å². The van der Waals surface area contributed by atoms with Crippen LogP contribution in [0.5, 0.6) is 5.75 Å². The summed E-state index contributed by atoms with van der Waals surface area (Å²) < 4.78 is 7.62. The first kappa shape index (κ1) is 18.2. The molecule has 0 spiro atoms. The van der Waals surface area contributed by atoms with Gasteiger partial charge in [-0.1, -0.05) is 17.7 Å². The fourth-order valence-corrected chi connectivity index (χ4v) is 4.19. The highest BCUT2D eigenvalue weighted by molar-refractivity contribution is 6.30. The third-order valence-electron chi connectivity index (χ3n) is 5.40. The number of nitrogens with one attached hydrogen (secondary N) is 1. The minimum absolute atomic E-state index is 0.0106. The number of hydrogen-bond acceptors (Lipinski definition) is 3. The van der Waals surface area contributed by atoms with E-state index in [4.69, 9.17) is 16.3 Å². The summed E-state index contributed by atoms with van der Waals surface area (Å²) in [5, 5.41) is 8.09. The van der Waals surface area contributed by atoms with Gasteiger partial charge in [0, 0.05) is 36.9 Å². The number of carbonyl (C=O) groups is 1. The third-order valence-corrected chi connectivity index (χ3v) is 5.63. The summed E-state index contributed by atoms with van der Waals surface area (Å²) in [5.74, 6) is 1.27. The van der Waals surface area contributed by atoms with E-state index in [1.54, 1.807) is 0 Å². The van der Waals surface area contributed by atoms with Crippen molar-refractivity contribution in [3.05, 3.63) is 46.7 Å². The van der Waals surface area contributed by atoms with E-state index < -0.39 is 0 Å². The van der Waals surface area contributed by atoms with E-state index in [1.165, 1.54) is 5.56 Å². The van der Waals surface area contributed by atoms with Gasteiger partial charge in [0.05, 0.1) is 18.8 Å². The molecule has 0 radical (unpaired) electrons. The smallest absolute Gasteiger partial charge is 0.317 e. The Morgan fingerprint density at radius 2 is 2.30 bits per heavy atom. The molecule has 2 aliphatic rings. The van der Waals surface area contributed by atoms with Crippen molar-refractivity contribution in [3.8, 4) is 5.75 Å². The Morgan fingerprint density at radius 3 is 3.11 bits per heavy atom. The lowest BCUT2D eigenvalue weighted by molar-refractivity contribution is 0.202. The molecule has 1 fully saturated rings. The molecule has 2 aromatic rings. The van der Waals surface area contributed by atoms with E-state index in [0.29, 0.717) is 17.5 Å². The number of benzene rings is 1. The maximum atomic E-state index is 12.8. The first-order chi connectivity index (χ1) is 13.1. The largest absolute Gasteiger partial charge is 0.493 e. The van der Waals surface area contributed by atoms with Crippen LogP contribution in [0, 0.1) is 5.92 Å². The molecule has 4 rings (SSSR count). The molecule has 2 amide bonds. The number of amides is 2. The number of ether oxygens (including phenoxy) is 1. The number of fused-ring (bicyclic) bond motifs is 1. The van der Waals surface area contributed by atoms with Gasteiger partial charge < -0.3 is 15.0 Å². The number of likely N-dealkylation sites (tertiary alicyclic amines) is 1. The van der Waals surface area contributed by atoms with Gasteiger partial charge in [0.15, 0.2) is 0 Å². The Balaban J connectivity index is 1.38. The maximum absolute atomic E-state index is 12.8. The van der Waals surface area contributed by atoms with Crippen molar-refractivity contribution in [2.75, 3.05) is 19.7 Å². The zero-order chi connectivity index (χ0) is 18.8. The van der Waals surface area contributed by atoms with Crippen LogP contribution in [0.25, 0.3) is 0 Å². The number of aromatic nitrogens is 2. The molecule has 0 saturated carbocycles. The molecule has 2 aliphatic heterocycles. The standard InChI is InChI=1S/C20H25ClN4O2/c1-24-12-15(11-22-24)9-14-6-7-25(13-14)20(26)23-18-3-2-8-27-19-10-16(21)4-5-17(18)19/h4-5,10-12,14,18H,2-3,6-9,13H2,1H3,(H,23,26). The zero-order valence-corrected chi connectivity index (χ0v) is 16.3. The number of nitrogens with zero attached hydrogens (tertiary/aromatic N) is 3. The summed E-state index contributed by atoms with van der Waals surface area (Å²) in [7, 11) is 1.93. The molecular weight excluding hydrogens is 364 g/mol. The molecule has 6 nitrogen and oxygen atoms in total. The molecular formula is C20H25ClN4O2. The normalized spacial score (nSPS) is 22.1. The molecule has 1 saturated heterocycles. The lowest BCUT2D eigenvalue weighted by Crippen LogP contribution is -2.40. The van der Waals surface area contributed by atoms with Gasteiger partial charge >= 0.3 is 6.03 Å². The van der Waals surface area contributed by atoms with Gasteiger partial charge in [-0.2, -0.15) is 5.10 Å². The highest BCUT2D eigenvalue weighted by Gasteiger charge is 2.29. The molecule has 1 aromatic carbocycles. The Morgan fingerprint density at radius 1 is 1.41 bits per heavy atom. The van der Waals surface area contributed by atoms with E-state index in [1.807, 2.05) is 41.0 Å².